The van der Waals surface area contributed by atoms with Crippen molar-refractivity contribution in [1.82, 2.24) is 20.4 Å². The Morgan fingerprint density at radius 2 is 2.16 bits per heavy atom. The molecule has 2 aromatic heterocycles. The van der Waals surface area contributed by atoms with Crippen molar-refractivity contribution in [3.05, 3.63) is 46.6 Å². The van der Waals surface area contributed by atoms with Crippen molar-refractivity contribution in [2.24, 2.45) is 0 Å². The largest absolute Gasteiger partial charge is 0.361 e. The summed E-state index contributed by atoms with van der Waals surface area (Å²) in [7, 11) is 0. The van der Waals surface area contributed by atoms with Crippen molar-refractivity contribution in [2.45, 2.75) is 39.2 Å². The summed E-state index contributed by atoms with van der Waals surface area (Å²) in [5.74, 6) is -3.78. The first-order chi connectivity index (χ1) is 14.6. The first-order valence-corrected chi connectivity index (χ1v) is 9.53. The molecule has 8 nitrogen and oxygen atoms in total. The normalized spacial score (nSPS) is 18.0. The van der Waals surface area contributed by atoms with Gasteiger partial charge in [0.1, 0.15) is 11.8 Å². The lowest BCUT2D eigenvalue weighted by Gasteiger charge is -2.19. The summed E-state index contributed by atoms with van der Waals surface area (Å²) >= 11 is 0. The van der Waals surface area contributed by atoms with Gasteiger partial charge in [0.25, 0.3) is 11.8 Å². The van der Waals surface area contributed by atoms with E-state index in [0.29, 0.717) is 17.0 Å². The molecule has 31 heavy (non-hydrogen) atoms. The molecule has 0 aromatic carbocycles. The molecule has 10 heteroatoms. The minimum absolute atomic E-state index is 0.270. The highest BCUT2D eigenvalue weighted by atomic mass is 19.3. The van der Waals surface area contributed by atoms with Gasteiger partial charge in [0, 0.05) is 35.5 Å². The molecule has 0 saturated carbocycles. The number of aryl methyl sites for hydroxylation is 2. The number of pyridine rings is 1. The number of alkyl halides is 2. The Labute approximate surface area is 177 Å². The van der Waals surface area contributed by atoms with Gasteiger partial charge in [-0.25, -0.2) is 8.78 Å². The molecule has 1 atom stereocenters. The van der Waals surface area contributed by atoms with Crippen LogP contribution in [0, 0.1) is 25.2 Å². The summed E-state index contributed by atoms with van der Waals surface area (Å²) in [5, 5.41) is 15.4. The summed E-state index contributed by atoms with van der Waals surface area (Å²) in [5.41, 5.74) is 3.02. The average molecular weight is 429 g/mol. The molecule has 1 fully saturated rings. The third-order valence-electron chi connectivity index (χ3n) is 5.08. The zero-order valence-electron chi connectivity index (χ0n) is 17.3. The van der Waals surface area contributed by atoms with E-state index in [4.69, 9.17) is 9.78 Å². The molecule has 3 rings (SSSR count). The fourth-order valence-corrected chi connectivity index (χ4v) is 3.44. The molecule has 2 aromatic rings. The molecule has 0 unspecified atom stereocenters. The van der Waals surface area contributed by atoms with Crippen molar-refractivity contribution < 1.29 is 22.9 Å². The monoisotopic (exact) mass is 429 g/mol. The molecule has 162 valence electrons. The molecule has 0 aliphatic carbocycles. The maximum atomic E-state index is 13.6. The zero-order valence-corrected chi connectivity index (χ0v) is 17.3. The van der Waals surface area contributed by atoms with E-state index >= 15 is 0 Å². The summed E-state index contributed by atoms with van der Waals surface area (Å²) in [4.78, 5) is 29.9. The number of allylic oxidation sites excluding steroid dienone is 1. The summed E-state index contributed by atoms with van der Waals surface area (Å²) in [6, 6.07) is 2.00. The molecule has 3 heterocycles. The standard InChI is InChI=1S/C21H21F2N5O3/c1-12(6-17-13(2)27-31-14(17)3)18-9-25-5-4-16(18)20(30)26-10-19(29)28-11-21(22,23)7-15(28)8-24/h4-6,9,15H,7,10-11H2,1-3H3,(H,26,30)/b12-6+/t15-/m0/s1. The summed E-state index contributed by atoms with van der Waals surface area (Å²) in [6.45, 7) is 4.04. The minimum atomic E-state index is -3.11. The zero-order chi connectivity index (χ0) is 22.8. The van der Waals surface area contributed by atoms with Gasteiger partial charge in [0.15, 0.2) is 0 Å². The number of likely N-dealkylation sites (tertiary alicyclic amines) is 1. The van der Waals surface area contributed by atoms with Crippen LogP contribution in [0.15, 0.2) is 23.0 Å². The predicted octanol–water partition coefficient (Wildman–Crippen LogP) is 2.74. The van der Waals surface area contributed by atoms with Crippen molar-refractivity contribution >= 4 is 23.5 Å². The van der Waals surface area contributed by atoms with Gasteiger partial charge in [-0.15, -0.1) is 0 Å². The third-order valence-corrected chi connectivity index (χ3v) is 5.08. The second-order valence-corrected chi connectivity index (χ2v) is 7.40. The Balaban J connectivity index is 1.75. The fraction of sp³-hybridized carbons (Fsp3) is 0.381. The SMILES string of the molecule is C/C(=C\c1c(C)noc1C)c1cnccc1C(=O)NCC(=O)N1CC(F)(F)C[C@H]1C#N. The number of amides is 2. The summed E-state index contributed by atoms with van der Waals surface area (Å²) < 4.78 is 32.3. The number of hydrogen-bond acceptors (Lipinski definition) is 6. The maximum absolute atomic E-state index is 13.6. The molecule has 2 amide bonds. The van der Waals surface area contributed by atoms with Gasteiger partial charge in [0.05, 0.1) is 24.9 Å². The Kier molecular flexibility index (Phi) is 6.15. The van der Waals surface area contributed by atoms with E-state index < -0.39 is 43.3 Å². The number of nitrogens with zero attached hydrogens (tertiary/aromatic N) is 4. The van der Waals surface area contributed by atoms with Crippen LogP contribution in [0.3, 0.4) is 0 Å². The lowest BCUT2D eigenvalue weighted by Crippen LogP contribution is -2.43. The molecular formula is C21H21F2N5O3. The number of nitrogens with one attached hydrogen (secondary N) is 1. The van der Waals surface area contributed by atoms with Crippen LogP contribution in [0.4, 0.5) is 8.78 Å². The highest BCUT2D eigenvalue weighted by Crippen LogP contribution is 2.31. The van der Waals surface area contributed by atoms with Crippen molar-refractivity contribution in [3.63, 3.8) is 0 Å². The van der Waals surface area contributed by atoms with Crippen LogP contribution in [0.2, 0.25) is 0 Å². The Morgan fingerprint density at radius 3 is 2.81 bits per heavy atom. The van der Waals surface area contributed by atoms with E-state index in [0.717, 1.165) is 16.0 Å². The van der Waals surface area contributed by atoms with Gasteiger partial charge in [0.2, 0.25) is 5.91 Å². The highest BCUT2D eigenvalue weighted by molar-refractivity contribution is 6.01. The van der Waals surface area contributed by atoms with Gasteiger partial charge in [-0.1, -0.05) is 5.16 Å². The number of rotatable bonds is 5. The van der Waals surface area contributed by atoms with Crippen LogP contribution >= 0.6 is 0 Å². The van der Waals surface area contributed by atoms with Gasteiger partial charge in [-0.2, -0.15) is 5.26 Å². The lowest BCUT2D eigenvalue weighted by molar-refractivity contribution is -0.131. The van der Waals surface area contributed by atoms with Crippen LogP contribution in [0.5, 0.6) is 0 Å². The number of nitriles is 1. The number of carbonyl (C=O) groups excluding carboxylic acids is 2. The number of hydrogen-bond donors (Lipinski definition) is 1. The molecule has 1 aliphatic rings. The Hall–Kier alpha value is -3.61. The molecule has 1 aliphatic heterocycles. The maximum Gasteiger partial charge on any atom is 0.268 e. The third kappa shape index (κ3) is 4.77. The number of aromatic nitrogens is 2. The highest BCUT2D eigenvalue weighted by Gasteiger charge is 2.47. The van der Waals surface area contributed by atoms with Crippen molar-refractivity contribution in [2.75, 3.05) is 13.1 Å². The van der Waals surface area contributed by atoms with E-state index in [-0.39, 0.29) is 5.56 Å². The van der Waals surface area contributed by atoms with Gasteiger partial charge in [-0.05, 0) is 38.5 Å². The quantitative estimate of drug-likeness (QED) is 0.782. The molecule has 1 saturated heterocycles. The van der Waals surface area contributed by atoms with Crippen LogP contribution in [0.1, 0.15) is 46.3 Å². The first kappa shape index (κ1) is 22.1. The van der Waals surface area contributed by atoms with E-state index in [1.165, 1.54) is 18.5 Å². The van der Waals surface area contributed by atoms with Crippen molar-refractivity contribution in [1.29, 1.82) is 5.26 Å². The van der Waals surface area contributed by atoms with E-state index in [1.807, 2.05) is 6.08 Å². The fourth-order valence-electron chi connectivity index (χ4n) is 3.44. The topological polar surface area (TPSA) is 112 Å². The van der Waals surface area contributed by atoms with Crippen LogP contribution in [-0.2, 0) is 4.79 Å². The molecular weight excluding hydrogens is 408 g/mol. The van der Waals surface area contributed by atoms with Gasteiger partial charge in [-0.3, -0.25) is 14.6 Å². The van der Waals surface area contributed by atoms with Crippen LogP contribution in [-0.4, -0.2) is 51.9 Å². The predicted molar refractivity (Wildman–Crippen MR) is 107 cm³/mol. The van der Waals surface area contributed by atoms with Crippen LogP contribution in [0.25, 0.3) is 11.6 Å². The lowest BCUT2D eigenvalue weighted by atomic mass is 10.00. The molecule has 1 N–H and O–H groups in total. The van der Waals surface area contributed by atoms with E-state index in [9.17, 15) is 18.4 Å². The average Bonchev–Trinajstić information content (AvgIpc) is 3.24. The van der Waals surface area contributed by atoms with E-state index in [1.54, 1.807) is 26.8 Å². The second kappa shape index (κ2) is 8.63. The molecule has 0 spiro atoms. The second-order valence-electron chi connectivity index (χ2n) is 7.40. The van der Waals surface area contributed by atoms with Gasteiger partial charge < -0.3 is 14.7 Å². The Morgan fingerprint density at radius 1 is 1.42 bits per heavy atom. The van der Waals surface area contributed by atoms with Gasteiger partial charge >= 0.3 is 0 Å². The van der Waals surface area contributed by atoms with E-state index in [2.05, 4.69) is 15.5 Å². The minimum Gasteiger partial charge on any atom is -0.361 e. The number of carbonyl (C=O) groups is 2. The summed E-state index contributed by atoms with van der Waals surface area (Å²) in [6.07, 6.45) is 4.08. The smallest absolute Gasteiger partial charge is 0.268 e. The Bertz CT molecular complexity index is 1070. The molecule has 0 radical (unpaired) electrons. The van der Waals surface area contributed by atoms with Crippen LogP contribution < -0.4 is 5.32 Å². The number of halogens is 2. The van der Waals surface area contributed by atoms with Crippen molar-refractivity contribution in [3.8, 4) is 6.07 Å². The first-order valence-electron chi connectivity index (χ1n) is 9.53. The molecule has 0 bridgehead atoms.